The fourth-order valence-corrected chi connectivity index (χ4v) is 8.23. The molecule has 1 aliphatic heterocycles. The van der Waals surface area contributed by atoms with Gasteiger partial charge in [-0.15, -0.1) is 0 Å². The summed E-state index contributed by atoms with van der Waals surface area (Å²) in [7, 11) is 0. The van der Waals surface area contributed by atoms with E-state index in [4.69, 9.17) is 14.4 Å². The van der Waals surface area contributed by atoms with Crippen LogP contribution in [-0.4, -0.2) is 11.7 Å². The second-order valence-corrected chi connectivity index (χ2v) is 14.7. The molecule has 1 aromatic heterocycles. The van der Waals surface area contributed by atoms with Crippen LogP contribution in [0.3, 0.4) is 0 Å². The molecule has 0 bridgehead atoms. The van der Waals surface area contributed by atoms with Gasteiger partial charge in [0, 0.05) is 33.3 Å². The van der Waals surface area contributed by atoms with Gasteiger partial charge in [-0.2, -0.15) is 0 Å². The van der Waals surface area contributed by atoms with Crippen LogP contribution in [0.2, 0.25) is 0 Å². The highest BCUT2D eigenvalue weighted by atomic mass is 16.3. The number of benzene rings is 9. The van der Waals surface area contributed by atoms with Crippen LogP contribution < -0.4 is 10.2 Å². The molecular weight excluding hydrogens is 709 g/mol. The quantitative estimate of drug-likeness (QED) is 0.177. The topological polar surface area (TPSA) is 53.1 Å². The van der Waals surface area contributed by atoms with Crippen LogP contribution in [0, 0.1) is 0 Å². The Hall–Kier alpha value is -7.76. The maximum Gasteiger partial charge on any atom is 0.160 e. The molecule has 0 saturated carbocycles. The predicted octanol–water partition coefficient (Wildman–Crippen LogP) is 13.5. The van der Waals surface area contributed by atoms with E-state index in [0.717, 1.165) is 88.8 Å². The zero-order chi connectivity index (χ0) is 38.4. The fraction of sp³-hybridized carbons (Fsp3) is 0.0189. The summed E-state index contributed by atoms with van der Waals surface area (Å²) >= 11 is 0. The molecule has 9 aromatic carbocycles. The molecule has 1 aliphatic rings. The molecule has 5 heteroatoms. The summed E-state index contributed by atoms with van der Waals surface area (Å²) in [6.45, 7) is 0. The molecule has 0 saturated heterocycles. The SMILES string of the molecule is c1ccc(C2=NC(c3ccccc3)NC(c3ccc(N(c4cccc(-c5ccccc5)c4)c4ccc5ccccc5c4)c4oc5cc6ccccc6cc5c34)=N2)cc1. The Bertz CT molecular complexity index is 3210. The molecule has 10 aromatic rings. The molecule has 0 amide bonds. The van der Waals surface area contributed by atoms with Crippen LogP contribution in [0.4, 0.5) is 17.1 Å². The lowest BCUT2D eigenvalue weighted by atomic mass is 9.99. The summed E-state index contributed by atoms with van der Waals surface area (Å²) in [5.74, 6) is 1.41. The van der Waals surface area contributed by atoms with Gasteiger partial charge in [-0.1, -0.05) is 158 Å². The summed E-state index contributed by atoms with van der Waals surface area (Å²) in [6, 6.07) is 72.3. The Labute approximate surface area is 335 Å². The first-order valence-electron chi connectivity index (χ1n) is 19.6. The van der Waals surface area contributed by atoms with Crippen molar-refractivity contribution in [2.45, 2.75) is 6.17 Å². The van der Waals surface area contributed by atoms with Gasteiger partial charge in [-0.05, 0) is 86.8 Å². The van der Waals surface area contributed by atoms with Crippen LogP contribution in [0.5, 0.6) is 0 Å². The van der Waals surface area contributed by atoms with E-state index in [1.54, 1.807) is 0 Å². The van der Waals surface area contributed by atoms with Gasteiger partial charge in [-0.3, -0.25) is 0 Å². The molecule has 1 unspecified atom stereocenters. The zero-order valence-corrected chi connectivity index (χ0v) is 31.5. The minimum atomic E-state index is -0.340. The summed E-state index contributed by atoms with van der Waals surface area (Å²) in [5.41, 5.74) is 9.79. The van der Waals surface area contributed by atoms with E-state index in [-0.39, 0.29) is 6.17 Å². The van der Waals surface area contributed by atoms with Gasteiger partial charge in [0.15, 0.2) is 11.4 Å². The number of furan rings is 1. The second kappa shape index (κ2) is 14.1. The van der Waals surface area contributed by atoms with E-state index >= 15 is 0 Å². The Balaban J connectivity index is 1.18. The van der Waals surface area contributed by atoms with E-state index in [0.29, 0.717) is 5.84 Å². The molecule has 11 rings (SSSR count). The first-order valence-corrected chi connectivity index (χ1v) is 19.6. The van der Waals surface area contributed by atoms with E-state index < -0.39 is 0 Å². The van der Waals surface area contributed by atoms with Crippen LogP contribution in [0.15, 0.2) is 221 Å². The Morgan fingerprint density at radius 2 is 1.10 bits per heavy atom. The first kappa shape index (κ1) is 33.6. The summed E-state index contributed by atoms with van der Waals surface area (Å²) in [6.07, 6.45) is -0.340. The highest BCUT2D eigenvalue weighted by Gasteiger charge is 2.27. The molecule has 58 heavy (non-hydrogen) atoms. The Morgan fingerprint density at radius 1 is 0.483 bits per heavy atom. The number of rotatable bonds is 7. The summed E-state index contributed by atoms with van der Waals surface area (Å²) in [5, 5.41) is 10.3. The van der Waals surface area contributed by atoms with Gasteiger partial charge >= 0.3 is 0 Å². The molecule has 5 nitrogen and oxygen atoms in total. The van der Waals surface area contributed by atoms with Gasteiger partial charge in [0.1, 0.15) is 17.6 Å². The molecule has 274 valence electrons. The van der Waals surface area contributed by atoms with Crippen molar-refractivity contribution in [3.05, 3.63) is 223 Å². The smallest absolute Gasteiger partial charge is 0.160 e. The zero-order valence-electron chi connectivity index (χ0n) is 31.5. The van der Waals surface area contributed by atoms with Gasteiger partial charge in [0.05, 0.1) is 5.69 Å². The van der Waals surface area contributed by atoms with E-state index in [2.05, 4.69) is 192 Å². The number of anilines is 3. The molecule has 0 spiro atoms. The summed E-state index contributed by atoms with van der Waals surface area (Å²) in [4.78, 5) is 12.7. The fourth-order valence-electron chi connectivity index (χ4n) is 8.23. The third-order valence-corrected chi connectivity index (χ3v) is 11.1. The standard InChI is InChI=1S/C53H36N4O/c1-4-15-35(16-5-1)40-25-14-26-43(31-40)57(44-28-27-36-17-10-11-22-39(36)32-44)47-30-29-45(49-46-33-41-23-12-13-24-42(41)34-48(46)58-50(47)49)53-55-51(37-18-6-2-7-19-37)54-52(56-53)38-20-8-3-9-21-38/h1-34,51H,(H,54,55,56). The lowest BCUT2D eigenvalue weighted by Gasteiger charge is -2.28. The van der Waals surface area contributed by atoms with Crippen molar-refractivity contribution < 1.29 is 4.42 Å². The Morgan fingerprint density at radius 3 is 1.86 bits per heavy atom. The number of fused-ring (bicyclic) bond motifs is 5. The Kier molecular flexibility index (Phi) is 8.14. The van der Waals surface area contributed by atoms with Crippen LogP contribution in [0.25, 0.3) is 54.6 Å². The monoisotopic (exact) mass is 744 g/mol. The van der Waals surface area contributed by atoms with E-state index in [1.807, 2.05) is 24.3 Å². The number of nitrogens with one attached hydrogen (secondary N) is 1. The van der Waals surface area contributed by atoms with Crippen molar-refractivity contribution in [2.75, 3.05) is 4.90 Å². The third kappa shape index (κ3) is 5.97. The van der Waals surface area contributed by atoms with Crippen LogP contribution in [0.1, 0.15) is 22.9 Å². The first-order chi connectivity index (χ1) is 28.7. The number of amidine groups is 2. The van der Waals surface area contributed by atoms with Gasteiger partial charge in [0.2, 0.25) is 0 Å². The van der Waals surface area contributed by atoms with Gasteiger partial charge < -0.3 is 14.6 Å². The van der Waals surface area contributed by atoms with Crippen LogP contribution in [-0.2, 0) is 0 Å². The van der Waals surface area contributed by atoms with Gasteiger partial charge in [-0.25, -0.2) is 9.98 Å². The van der Waals surface area contributed by atoms with Crippen molar-refractivity contribution in [1.29, 1.82) is 0 Å². The maximum absolute atomic E-state index is 7.12. The molecular formula is C53H36N4O. The number of nitrogens with zero attached hydrogens (tertiary/aromatic N) is 3. The molecule has 0 aliphatic carbocycles. The average molecular weight is 745 g/mol. The molecule has 1 N–H and O–H groups in total. The van der Waals surface area contributed by atoms with E-state index in [9.17, 15) is 0 Å². The predicted molar refractivity (Wildman–Crippen MR) is 241 cm³/mol. The molecule has 0 radical (unpaired) electrons. The third-order valence-electron chi connectivity index (χ3n) is 11.1. The average Bonchev–Trinajstić information content (AvgIpc) is 3.67. The number of aliphatic imine (C=N–C) groups is 2. The molecule has 1 atom stereocenters. The van der Waals surface area contributed by atoms with Gasteiger partial charge in [0.25, 0.3) is 0 Å². The largest absolute Gasteiger partial charge is 0.454 e. The van der Waals surface area contributed by atoms with Crippen LogP contribution >= 0.6 is 0 Å². The lowest BCUT2D eigenvalue weighted by molar-refractivity contribution is 0.668. The maximum atomic E-state index is 7.12. The number of hydrogen-bond acceptors (Lipinski definition) is 5. The van der Waals surface area contributed by atoms with Crippen molar-refractivity contribution >= 4 is 72.2 Å². The van der Waals surface area contributed by atoms with Crippen molar-refractivity contribution in [3.63, 3.8) is 0 Å². The molecule has 2 heterocycles. The highest BCUT2D eigenvalue weighted by molar-refractivity contribution is 6.25. The number of hydrogen-bond donors (Lipinski definition) is 1. The minimum Gasteiger partial charge on any atom is -0.454 e. The normalized spacial score (nSPS) is 14.0. The lowest BCUT2D eigenvalue weighted by Crippen LogP contribution is -2.33. The van der Waals surface area contributed by atoms with E-state index in [1.165, 1.54) is 5.39 Å². The van der Waals surface area contributed by atoms with Crippen molar-refractivity contribution in [2.24, 2.45) is 9.98 Å². The van der Waals surface area contributed by atoms with Crippen molar-refractivity contribution in [1.82, 2.24) is 5.32 Å². The second-order valence-electron chi connectivity index (χ2n) is 14.7. The minimum absolute atomic E-state index is 0.340. The van der Waals surface area contributed by atoms with Crippen molar-refractivity contribution in [3.8, 4) is 11.1 Å². The highest BCUT2D eigenvalue weighted by Crippen LogP contribution is 2.45. The summed E-state index contributed by atoms with van der Waals surface area (Å²) < 4.78 is 7.12. The molecule has 0 fully saturated rings.